The third-order valence-corrected chi connectivity index (χ3v) is 5.13. The van der Waals surface area contributed by atoms with Crippen molar-refractivity contribution in [2.24, 2.45) is 0 Å². The highest BCUT2D eigenvalue weighted by atomic mass is 16.8. The molecule has 1 aromatic rings. The number of hydrogen-bond acceptors (Lipinski definition) is 7. The van der Waals surface area contributed by atoms with E-state index in [2.05, 4.69) is 4.90 Å². The topological polar surface area (TPSA) is 74.3 Å². The molecule has 0 amide bonds. The Kier molecular flexibility index (Phi) is 6.55. The van der Waals surface area contributed by atoms with E-state index in [-0.39, 0.29) is 24.4 Å². The largest absolute Gasteiger partial charge is 0.460 e. The van der Waals surface area contributed by atoms with E-state index in [9.17, 15) is 9.59 Å². The summed E-state index contributed by atoms with van der Waals surface area (Å²) in [5.74, 6) is -1.48. The van der Waals surface area contributed by atoms with Crippen LogP contribution in [0.2, 0.25) is 0 Å². The quantitative estimate of drug-likeness (QED) is 0.679. The molecule has 2 heterocycles. The molecule has 0 bridgehead atoms. The van der Waals surface area contributed by atoms with Crippen LogP contribution in [0.4, 0.5) is 0 Å². The first-order valence-electron chi connectivity index (χ1n) is 10.5. The second-order valence-corrected chi connectivity index (χ2v) is 9.49. The van der Waals surface area contributed by atoms with Gasteiger partial charge in [-0.05, 0) is 40.2 Å². The number of carbonyl (C=O) groups excluding carboxylic acids is 2. The van der Waals surface area contributed by atoms with Gasteiger partial charge in [-0.2, -0.15) is 0 Å². The molecule has 2 fully saturated rings. The summed E-state index contributed by atoms with van der Waals surface area (Å²) in [6.07, 6.45) is -1.18. The van der Waals surface area contributed by atoms with Crippen molar-refractivity contribution < 1.29 is 28.5 Å². The van der Waals surface area contributed by atoms with Gasteiger partial charge in [0.05, 0.1) is 6.42 Å². The van der Waals surface area contributed by atoms with Crippen LogP contribution in [0, 0.1) is 0 Å². The van der Waals surface area contributed by atoms with E-state index in [1.807, 2.05) is 65.0 Å². The maximum Gasteiger partial charge on any atom is 0.308 e. The van der Waals surface area contributed by atoms with Crippen molar-refractivity contribution in [3.63, 3.8) is 0 Å². The number of hydrogen-bond donors (Lipinski definition) is 0. The van der Waals surface area contributed by atoms with Crippen LogP contribution in [-0.4, -0.2) is 59.1 Å². The van der Waals surface area contributed by atoms with Gasteiger partial charge in [-0.25, -0.2) is 0 Å². The van der Waals surface area contributed by atoms with Crippen molar-refractivity contribution in [1.82, 2.24) is 4.90 Å². The molecule has 4 atom stereocenters. The summed E-state index contributed by atoms with van der Waals surface area (Å²) in [5, 5.41) is 0. The zero-order chi connectivity index (χ0) is 22.1. The predicted octanol–water partition coefficient (Wildman–Crippen LogP) is 3.05. The van der Waals surface area contributed by atoms with Gasteiger partial charge >= 0.3 is 11.9 Å². The average molecular weight is 420 g/mol. The molecule has 0 spiro atoms. The SMILES string of the molecule is CC(=O)O[C@@H]1CN(Cc2ccccc2)[C@@H](CC(=O)OC(C)(C)C)[C@@H]2OC(C)(C)O[C@@H]21. The highest BCUT2D eigenvalue weighted by Crippen LogP contribution is 2.39. The fourth-order valence-electron chi connectivity index (χ4n) is 4.20. The molecule has 0 radical (unpaired) electrons. The van der Waals surface area contributed by atoms with Crippen molar-refractivity contribution in [3.05, 3.63) is 35.9 Å². The molecule has 2 aliphatic rings. The smallest absolute Gasteiger partial charge is 0.308 e. The molecule has 1 aromatic carbocycles. The number of esters is 2. The molecule has 3 rings (SSSR count). The maximum absolute atomic E-state index is 12.7. The van der Waals surface area contributed by atoms with Crippen molar-refractivity contribution >= 4 is 11.9 Å². The molecule has 0 aromatic heterocycles. The number of piperidine rings is 1. The Bertz CT molecular complexity index is 757. The van der Waals surface area contributed by atoms with E-state index in [0.717, 1.165) is 5.56 Å². The monoisotopic (exact) mass is 419 g/mol. The van der Waals surface area contributed by atoms with Crippen LogP contribution in [0.15, 0.2) is 30.3 Å². The summed E-state index contributed by atoms with van der Waals surface area (Å²) >= 11 is 0. The number of benzene rings is 1. The molecule has 7 heteroatoms. The molecular weight excluding hydrogens is 386 g/mol. The third-order valence-electron chi connectivity index (χ3n) is 5.13. The third kappa shape index (κ3) is 5.80. The molecule has 2 saturated heterocycles. The van der Waals surface area contributed by atoms with Gasteiger partial charge in [0.25, 0.3) is 0 Å². The molecule has 0 N–H and O–H groups in total. The number of fused-ring (bicyclic) bond motifs is 1. The van der Waals surface area contributed by atoms with Crippen LogP contribution in [-0.2, 0) is 35.1 Å². The average Bonchev–Trinajstić information content (AvgIpc) is 2.93. The summed E-state index contributed by atoms with van der Waals surface area (Å²) in [6.45, 7) is 11.7. The Morgan fingerprint density at radius 1 is 1.13 bits per heavy atom. The van der Waals surface area contributed by atoms with E-state index in [1.54, 1.807) is 0 Å². The highest BCUT2D eigenvalue weighted by Gasteiger charge is 2.55. The van der Waals surface area contributed by atoms with Crippen LogP contribution in [0.5, 0.6) is 0 Å². The predicted molar refractivity (Wildman–Crippen MR) is 110 cm³/mol. The number of rotatable bonds is 5. The van der Waals surface area contributed by atoms with Gasteiger partial charge in [-0.15, -0.1) is 0 Å². The summed E-state index contributed by atoms with van der Waals surface area (Å²) < 4.78 is 23.5. The number of nitrogens with zero attached hydrogens (tertiary/aromatic N) is 1. The lowest BCUT2D eigenvalue weighted by Crippen LogP contribution is -2.61. The lowest BCUT2D eigenvalue weighted by atomic mass is 9.91. The minimum Gasteiger partial charge on any atom is -0.460 e. The van der Waals surface area contributed by atoms with Crippen molar-refractivity contribution in [1.29, 1.82) is 0 Å². The standard InChI is InChI=1S/C23H33NO6/c1-15(25)27-18-14-24(13-16-10-8-7-9-11-16)17(12-19(26)28-22(2,3)4)20-21(18)30-23(5,6)29-20/h7-11,17-18,20-21H,12-14H2,1-6H3/t17-,18+,20-,21+/m0/s1. The van der Waals surface area contributed by atoms with Crippen LogP contribution in [0.25, 0.3) is 0 Å². The van der Waals surface area contributed by atoms with Gasteiger partial charge in [0.2, 0.25) is 0 Å². The van der Waals surface area contributed by atoms with E-state index < -0.39 is 29.7 Å². The Morgan fingerprint density at radius 2 is 1.77 bits per heavy atom. The second-order valence-electron chi connectivity index (χ2n) is 9.49. The summed E-state index contributed by atoms with van der Waals surface area (Å²) in [7, 11) is 0. The molecule has 7 nitrogen and oxygen atoms in total. The molecule has 30 heavy (non-hydrogen) atoms. The van der Waals surface area contributed by atoms with Crippen LogP contribution in [0.1, 0.15) is 53.5 Å². The minimum absolute atomic E-state index is 0.164. The van der Waals surface area contributed by atoms with Gasteiger partial charge in [-0.1, -0.05) is 30.3 Å². The van der Waals surface area contributed by atoms with Crippen molar-refractivity contribution in [2.75, 3.05) is 6.54 Å². The zero-order valence-corrected chi connectivity index (χ0v) is 18.7. The zero-order valence-electron chi connectivity index (χ0n) is 18.7. The first-order valence-corrected chi connectivity index (χ1v) is 10.5. The molecule has 0 aliphatic carbocycles. The Hall–Kier alpha value is -1.96. The first kappa shape index (κ1) is 22.7. The lowest BCUT2D eigenvalue weighted by molar-refractivity contribution is -0.171. The van der Waals surface area contributed by atoms with Gasteiger partial charge < -0.3 is 18.9 Å². The first-order chi connectivity index (χ1) is 13.9. The van der Waals surface area contributed by atoms with Crippen molar-refractivity contribution in [3.8, 4) is 0 Å². The van der Waals surface area contributed by atoms with Gasteiger partial charge in [0.15, 0.2) is 5.79 Å². The fraction of sp³-hybridized carbons (Fsp3) is 0.652. The number of carbonyl (C=O) groups is 2. The summed E-state index contributed by atoms with van der Waals surface area (Å²) in [6, 6.07) is 9.73. The van der Waals surface area contributed by atoms with E-state index in [0.29, 0.717) is 13.1 Å². The number of ether oxygens (including phenoxy) is 4. The van der Waals surface area contributed by atoms with E-state index in [4.69, 9.17) is 18.9 Å². The van der Waals surface area contributed by atoms with E-state index >= 15 is 0 Å². The van der Waals surface area contributed by atoms with E-state index in [1.165, 1.54) is 6.92 Å². The van der Waals surface area contributed by atoms with Crippen molar-refractivity contribution in [2.45, 2.75) is 90.2 Å². The molecule has 166 valence electrons. The minimum atomic E-state index is -0.831. The number of likely N-dealkylation sites (tertiary alicyclic amines) is 1. The normalized spacial score (nSPS) is 28.6. The molecule has 2 aliphatic heterocycles. The Balaban J connectivity index is 1.89. The molecular formula is C23H33NO6. The molecule has 0 saturated carbocycles. The lowest BCUT2D eigenvalue weighted by Gasteiger charge is -2.44. The van der Waals surface area contributed by atoms with Gasteiger partial charge in [0.1, 0.15) is 23.9 Å². The van der Waals surface area contributed by atoms with Crippen LogP contribution < -0.4 is 0 Å². The summed E-state index contributed by atoms with van der Waals surface area (Å²) in [4.78, 5) is 26.6. The molecule has 0 unspecified atom stereocenters. The Morgan fingerprint density at radius 3 is 2.37 bits per heavy atom. The maximum atomic E-state index is 12.7. The fourth-order valence-corrected chi connectivity index (χ4v) is 4.20. The van der Waals surface area contributed by atoms with Crippen LogP contribution in [0.3, 0.4) is 0 Å². The second kappa shape index (κ2) is 8.65. The van der Waals surface area contributed by atoms with Crippen LogP contribution >= 0.6 is 0 Å². The Labute approximate surface area is 178 Å². The highest BCUT2D eigenvalue weighted by molar-refractivity contribution is 5.71. The summed E-state index contributed by atoms with van der Waals surface area (Å²) in [5.41, 5.74) is 0.534. The van der Waals surface area contributed by atoms with Gasteiger partial charge in [-0.3, -0.25) is 14.5 Å². The van der Waals surface area contributed by atoms with Gasteiger partial charge in [0, 0.05) is 26.1 Å².